The summed E-state index contributed by atoms with van der Waals surface area (Å²) in [7, 11) is 0. The first-order valence-corrected chi connectivity index (χ1v) is 5.97. The van der Waals surface area contributed by atoms with Gasteiger partial charge in [-0.3, -0.25) is 4.79 Å². The number of hydrogen-bond acceptors (Lipinski definition) is 7. The van der Waals surface area contributed by atoms with Gasteiger partial charge in [-0.2, -0.15) is 15.0 Å². The Kier molecular flexibility index (Phi) is 6.13. The third kappa shape index (κ3) is 5.13. The molecule has 1 N–H and O–H groups in total. The average molecular weight is 275 g/mol. The molecule has 100 valence electrons. The van der Waals surface area contributed by atoms with Gasteiger partial charge < -0.3 is 14.8 Å². The van der Waals surface area contributed by atoms with Crippen LogP contribution < -0.4 is 10.1 Å². The second-order valence-electron chi connectivity index (χ2n) is 3.22. The molecule has 7 nitrogen and oxygen atoms in total. The third-order valence-corrected chi connectivity index (χ3v) is 1.89. The maximum Gasteiger partial charge on any atom is 0.325 e. The molecule has 0 aliphatic rings. The van der Waals surface area contributed by atoms with Crippen LogP contribution in [0.15, 0.2) is 0 Å². The van der Waals surface area contributed by atoms with Crippen molar-refractivity contribution >= 4 is 23.5 Å². The Bertz CT molecular complexity index is 403. The van der Waals surface area contributed by atoms with E-state index in [0.29, 0.717) is 13.2 Å². The SMILES string of the molecule is CCCOc1nc(Cl)nc(NCC(=O)OCC)n1. The van der Waals surface area contributed by atoms with Crippen LogP contribution in [-0.2, 0) is 9.53 Å². The van der Waals surface area contributed by atoms with E-state index in [-0.39, 0.29) is 23.8 Å². The minimum Gasteiger partial charge on any atom is -0.465 e. The number of carbonyl (C=O) groups excluding carboxylic acids is 1. The fourth-order valence-electron chi connectivity index (χ4n) is 1.03. The highest BCUT2D eigenvalue weighted by Gasteiger charge is 2.08. The molecule has 1 heterocycles. The molecule has 0 amide bonds. The van der Waals surface area contributed by atoms with Crippen LogP contribution in [0.5, 0.6) is 6.01 Å². The van der Waals surface area contributed by atoms with Crippen molar-refractivity contribution in [2.45, 2.75) is 20.3 Å². The van der Waals surface area contributed by atoms with Crippen molar-refractivity contribution in [2.75, 3.05) is 25.1 Å². The lowest BCUT2D eigenvalue weighted by Crippen LogP contribution is -2.18. The number of halogens is 1. The van der Waals surface area contributed by atoms with Gasteiger partial charge in [0.2, 0.25) is 11.2 Å². The molecule has 0 unspecified atom stereocenters. The van der Waals surface area contributed by atoms with Gasteiger partial charge in [-0.25, -0.2) is 0 Å². The molecule has 0 saturated heterocycles. The zero-order chi connectivity index (χ0) is 13.4. The summed E-state index contributed by atoms with van der Waals surface area (Å²) in [5.41, 5.74) is 0. The molecule has 0 fully saturated rings. The number of nitrogens with one attached hydrogen (secondary N) is 1. The van der Waals surface area contributed by atoms with E-state index in [4.69, 9.17) is 21.1 Å². The second-order valence-corrected chi connectivity index (χ2v) is 3.56. The predicted molar refractivity (Wildman–Crippen MR) is 65.7 cm³/mol. The number of nitrogens with zero attached hydrogens (tertiary/aromatic N) is 3. The van der Waals surface area contributed by atoms with Gasteiger partial charge >= 0.3 is 12.0 Å². The number of hydrogen-bond donors (Lipinski definition) is 1. The normalized spacial score (nSPS) is 9.94. The van der Waals surface area contributed by atoms with Crippen molar-refractivity contribution in [2.24, 2.45) is 0 Å². The van der Waals surface area contributed by atoms with Crippen molar-refractivity contribution in [3.63, 3.8) is 0 Å². The molecule has 0 aliphatic heterocycles. The fraction of sp³-hybridized carbons (Fsp3) is 0.600. The van der Waals surface area contributed by atoms with Crippen LogP contribution in [0.2, 0.25) is 5.28 Å². The smallest absolute Gasteiger partial charge is 0.325 e. The van der Waals surface area contributed by atoms with Gasteiger partial charge in [-0.15, -0.1) is 0 Å². The number of carbonyl (C=O) groups is 1. The zero-order valence-corrected chi connectivity index (χ0v) is 11.0. The van der Waals surface area contributed by atoms with E-state index < -0.39 is 5.97 Å². The molecule has 18 heavy (non-hydrogen) atoms. The van der Waals surface area contributed by atoms with Gasteiger partial charge in [0.1, 0.15) is 6.54 Å². The maximum atomic E-state index is 11.1. The van der Waals surface area contributed by atoms with E-state index in [2.05, 4.69) is 20.3 Å². The summed E-state index contributed by atoms with van der Waals surface area (Å²) >= 11 is 5.71. The van der Waals surface area contributed by atoms with Crippen molar-refractivity contribution in [3.8, 4) is 6.01 Å². The molecule has 0 spiro atoms. The molecule has 0 saturated carbocycles. The number of rotatable bonds is 7. The van der Waals surface area contributed by atoms with Crippen LogP contribution in [0.4, 0.5) is 5.95 Å². The summed E-state index contributed by atoms with van der Waals surface area (Å²) in [5.74, 6) is -0.223. The Morgan fingerprint density at radius 1 is 1.33 bits per heavy atom. The summed E-state index contributed by atoms with van der Waals surface area (Å²) in [4.78, 5) is 22.7. The first kappa shape index (κ1) is 14.4. The fourth-order valence-corrected chi connectivity index (χ4v) is 1.18. The Labute approximate surface area is 110 Å². The van der Waals surface area contributed by atoms with Crippen molar-refractivity contribution in [1.82, 2.24) is 15.0 Å². The summed E-state index contributed by atoms with van der Waals surface area (Å²) in [5, 5.41) is 2.69. The lowest BCUT2D eigenvalue weighted by Gasteiger charge is -2.06. The summed E-state index contributed by atoms with van der Waals surface area (Å²) in [6.07, 6.45) is 0.828. The number of anilines is 1. The van der Waals surface area contributed by atoms with E-state index in [1.807, 2.05) is 6.92 Å². The molecule has 1 aromatic heterocycles. The molecule has 0 radical (unpaired) electrons. The van der Waals surface area contributed by atoms with E-state index >= 15 is 0 Å². The van der Waals surface area contributed by atoms with E-state index in [9.17, 15) is 4.79 Å². The minimum absolute atomic E-state index is 0.00228. The lowest BCUT2D eigenvalue weighted by molar-refractivity contribution is -0.140. The quantitative estimate of drug-likeness (QED) is 0.750. The van der Waals surface area contributed by atoms with Gasteiger partial charge in [0.05, 0.1) is 13.2 Å². The molecule has 0 bridgehead atoms. The molecular weight excluding hydrogens is 260 g/mol. The molecule has 0 aromatic carbocycles. The molecule has 1 aromatic rings. The third-order valence-electron chi connectivity index (χ3n) is 1.72. The standard InChI is InChI=1S/C10H15ClN4O3/c1-3-5-18-10-14-8(11)13-9(15-10)12-6-7(16)17-4-2/h3-6H2,1-2H3,(H,12,13,14,15). The minimum atomic E-state index is -0.398. The second kappa shape index (κ2) is 7.65. The van der Waals surface area contributed by atoms with E-state index in [1.165, 1.54) is 0 Å². The van der Waals surface area contributed by atoms with Crippen LogP contribution in [0.1, 0.15) is 20.3 Å². The zero-order valence-electron chi connectivity index (χ0n) is 10.3. The first-order chi connectivity index (χ1) is 8.65. The van der Waals surface area contributed by atoms with Crippen LogP contribution in [0, 0.1) is 0 Å². The molecular formula is C10H15ClN4O3. The highest BCUT2D eigenvalue weighted by Crippen LogP contribution is 2.11. The first-order valence-electron chi connectivity index (χ1n) is 5.59. The van der Waals surface area contributed by atoms with Gasteiger partial charge in [-0.05, 0) is 24.9 Å². The highest BCUT2D eigenvalue weighted by atomic mass is 35.5. The van der Waals surface area contributed by atoms with Crippen molar-refractivity contribution in [3.05, 3.63) is 5.28 Å². The van der Waals surface area contributed by atoms with Crippen LogP contribution >= 0.6 is 11.6 Å². The van der Waals surface area contributed by atoms with Crippen molar-refractivity contribution in [1.29, 1.82) is 0 Å². The van der Waals surface area contributed by atoms with Crippen LogP contribution in [0.3, 0.4) is 0 Å². The summed E-state index contributed by atoms with van der Waals surface area (Å²) in [6, 6.07) is 0.128. The summed E-state index contributed by atoms with van der Waals surface area (Å²) < 4.78 is 9.98. The topological polar surface area (TPSA) is 86.2 Å². The number of ether oxygens (including phenoxy) is 2. The van der Waals surface area contributed by atoms with E-state index in [1.54, 1.807) is 6.92 Å². The Hall–Kier alpha value is -1.63. The van der Waals surface area contributed by atoms with Crippen LogP contribution in [-0.4, -0.2) is 40.7 Å². The van der Waals surface area contributed by atoms with Gasteiger partial charge in [-0.1, -0.05) is 6.92 Å². The Balaban J connectivity index is 2.59. The average Bonchev–Trinajstić information content (AvgIpc) is 2.34. The van der Waals surface area contributed by atoms with Crippen molar-refractivity contribution < 1.29 is 14.3 Å². The number of esters is 1. The Morgan fingerprint density at radius 3 is 2.78 bits per heavy atom. The summed E-state index contributed by atoms with van der Waals surface area (Å²) in [6.45, 7) is 4.46. The largest absolute Gasteiger partial charge is 0.465 e. The molecule has 8 heteroatoms. The molecule has 1 rings (SSSR count). The van der Waals surface area contributed by atoms with Crippen LogP contribution in [0.25, 0.3) is 0 Å². The van der Waals surface area contributed by atoms with E-state index in [0.717, 1.165) is 6.42 Å². The Morgan fingerprint density at radius 2 is 2.11 bits per heavy atom. The number of aromatic nitrogens is 3. The highest BCUT2D eigenvalue weighted by molar-refractivity contribution is 6.28. The monoisotopic (exact) mass is 274 g/mol. The maximum absolute atomic E-state index is 11.1. The molecule has 0 atom stereocenters. The predicted octanol–water partition coefficient (Wildman–Crippen LogP) is 1.29. The molecule has 0 aliphatic carbocycles. The van der Waals surface area contributed by atoms with Gasteiger partial charge in [0.25, 0.3) is 0 Å². The van der Waals surface area contributed by atoms with Gasteiger partial charge in [0, 0.05) is 0 Å². The lowest BCUT2D eigenvalue weighted by atomic mass is 10.5. The van der Waals surface area contributed by atoms with Gasteiger partial charge in [0.15, 0.2) is 0 Å².